The summed E-state index contributed by atoms with van der Waals surface area (Å²) in [6, 6.07) is 25.5. The minimum Gasteiger partial charge on any atom is -0.371 e. The van der Waals surface area contributed by atoms with E-state index in [1.807, 2.05) is 66.7 Å². The van der Waals surface area contributed by atoms with E-state index in [0.29, 0.717) is 22.8 Å². The Balaban J connectivity index is 1.59. The van der Waals surface area contributed by atoms with Gasteiger partial charge in [-0.3, -0.25) is 9.69 Å². The van der Waals surface area contributed by atoms with E-state index in [-0.39, 0.29) is 11.5 Å². The van der Waals surface area contributed by atoms with Crippen LogP contribution in [-0.4, -0.2) is 21.2 Å². The standard InChI is InChI=1S/C24H17N3O3/c1-16(22-25-21(26-30-22)17-10-4-2-5-11-17)24(29)19-14-8-9-15-20(19)27(23(24)28)18-12-6-3-7-13-18/h2-15,29H,1H2. The number of benzene rings is 3. The van der Waals surface area contributed by atoms with E-state index < -0.39 is 11.5 Å². The number of hydrogen-bond acceptors (Lipinski definition) is 5. The van der Waals surface area contributed by atoms with Gasteiger partial charge in [0.1, 0.15) is 0 Å². The minimum atomic E-state index is -2.02. The molecular weight excluding hydrogens is 378 g/mol. The lowest BCUT2D eigenvalue weighted by molar-refractivity contribution is -0.130. The number of rotatable bonds is 4. The fourth-order valence-electron chi connectivity index (χ4n) is 3.69. The van der Waals surface area contributed by atoms with E-state index in [1.165, 1.54) is 4.90 Å². The topological polar surface area (TPSA) is 79.5 Å². The molecule has 0 spiro atoms. The summed E-state index contributed by atoms with van der Waals surface area (Å²) >= 11 is 0. The van der Waals surface area contributed by atoms with Crippen molar-refractivity contribution in [2.75, 3.05) is 4.90 Å². The fraction of sp³-hybridized carbons (Fsp3) is 0.0417. The molecule has 1 aliphatic rings. The van der Waals surface area contributed by atoms with Crippen LogP contribution in [0.5, 0.6) is 0 Å². The first-order valence-electron chi connectivity index (χ1n) is 9.41. The van der Waals surface area contributed by atoms with Gasteiger partial charge >= 0.3 is 0 Å². The second-order valence-electron chi connectivity index (χ2n) is 6.97. The van der Waals surface area contributed by atoms with Crippen LogP contribution in [0.3, 0.4) is 0 Å². The number of aromatic nitrogens is 2. The summed E-state index contributed by atoms with van der Waals surface area (Å²) in [5.74, 6) is -0.178. The van der Waals surface area contributed by atoms with E-state index >= 15 is 0 Å². The highest BCUT2D eigenvalue weighted by molar-refractivity contribution is 6.17. The maximum atomic E-state index is 13.5. The van der Waals surface area contributed by atoms with Gasteiger partial charge in [-0.05, 0) is 18.2 Å². The lowest BCUT2D eigenvalue weighted by Gasteiger charge is -2.23. The molecule has 0 aliphatic carbocycles. The lowest BCUT2D eigenvalue weighted by Crippen LogP contribution is -2.39. The van der Waals surface area contributed by atoms with Crippen LogP contribution < -0.4 is 4.90 Å². The molecule has 0 saturated carbocycles. The maximum Gasteiger partial charge on any atom is 0.273 e. The Bertz CT molecular complexity index is 1250. The average molecular weight is 395 g/mol. The molecule has 1 aromatic heterocycles. The minimum absolute atomic E-state index is 0.00872. The Labute approximate surface area is 172 Å². The molecule has 4 aromatic rings. The first-order valence-corrected chi connectivity index (χ1v) is 9.41. The number of carbonyl (C=O) groups is 1. The molecule has 2 heterocycles. The zero-order chi connectivity index (χ0) is 20.7. The summed E-state index contributed by atoms with van der Waals surface area (Å²) < 4.78 is 5.37. The number of nitrogens with zero attached hydrogens (tertiary/aromatic N) is 3. The Morgan fingerprint density at radius 1 is 0.933 bits per heavy atom. The number of para-hydroxylation sites is 2. The van der Waals surface area contributed by atoms with Gasteiger partial charge in [0.05, 0.1) is 11.3 Å². The molecule has 1 unspecified atom stereocenters. The smallest absolute Gasteiger partial charge is 0.273 e. The van der Waals surface area contributed by atoms with Crippen molar-refractivity contribution in [1.29, 1.82) is 0 Å². The molecule has 1 atom stereocenters. The highest BCUT2D eigenvalue weighted by Crippen LogP contribution is 2.49. The highest BCUT2D eigenvalue weighted by atomic mass is 16.5. The van der Waals surface area contributed by atoms with Crippen LogP contribution in [0.15, 0.2) is 96.0 Å². The molecule has 6 nitrogen and oxygen atoms in total. The van der Waals surface area contributed by atoms with Crippen molar-refractivity contribution in [3.63, 3.8) is 0 Å². The second-order valence-corrected chi connectivity index (χ2v) is 6.97. The van der Waals surface area contributed by atoms with Crippen molar-refractivity contribution >= 4 is 22.9 Å². The number of amides is 1. The number of hydrogen-bond donors (Lipinski definition) is 1. The van der Waals surface area contributed by atoms with E-state index in [2.05, 4.69) is 16.7 Å². The summed E-state index contributed by atoms with van der Waals surface area (Å²) in [6.45, 7) is 3.97. The quantitative estimate of drug-likeness (QED) is 0.557. The Morgan fingerprint density at radius 2 is 1.57 bits per heavy atom. The molecule has 1 amide bonds. The van der Waals surface area contributed by atoms with Gasteiger partial charge in [-0.25, -0.2) is 0 Å². The summed E-state index contributed by atoms with van der Waals surface area (Å²) in [5.41, 5.74) is 0.425. The molecule has 0 bridgehead atoms. The summed E-state index contributed by atoms with van der Waals surface area (Å²) in [6.07, 6.45) is 0. The van der Waals surface area contributed by atoms with Gasteiger partial charge in [0, 0.05) is 16.8 Å². The zero-order valence-corrected chi connectivity index (χ0v) is 15.9. The van der Waals surface area contributed by atoms with Gasteiger partial charge < -0.3 is 9.63 Å². The third kappa shape index (κ3) is 2.58. The SMILES string of the molecule is C=C(c1nc(-c2ccccc2)no1)C1(O)C(=O)N(c2ccccc2)c2ccccc21. The molecule has 1 aliphatic heterocycles. The first-order chi connectivity index (χ1) is 14.6. The predicted molar refractivity (Wildman–Crippen MR) is 113 cm³/mol. The average Bonchev–Trinajstić information content (AvgIpc) is 3.38. The van der Waals surface area contributed by atoms with E-state index in [0.717, 1.165) is 5.56 Å². The molecule has 0 saturated heterocycles. The molecule has 6 heteroatoms. The summed E-state index contributed by atoms with van der Waals surface area (Å²) in [4.78, 5) is 19.3. The Morgan fingerprint density at radius 3 is 2.30 bits per heavy atom. The Kier molecular flexibility index (Phi) is 4.08. The highest BCUT2D eigenvalue weighted by Gasteiger charge is 2.53. The van der Waals surface area contributed by atoms with Crippen LogP contribution in [0.25, 0.3) is 17.0 Å². The normalized spacial score (nSPS) is 17.8. The van der Waals surface area contributed by atoms with Crippen molar-refractivity contribution in [3.8, 4) is 11.4 Å². The zero-order valence-electron chi connectivity index (χ0n) is 15.9. The van der Waals surface area contributed by atoms with Crippen molar-refractivity contribution in [3.05, 3.63) is 103 Å². The largest absolute Gasteiger partial charge is 0.371 e. The Hall–Kier alpha value is -4.03. The number of fused-ring (bicyclic) bond motifs is 1. The molecular formula is C24H17N3O3. The lowest BCUT2D eigenvalue weighted by atomic mass is 9.88. The second kappa shape index (κ2) is 6.79. The summed E-state index contributed by atoms with van der Waals surface area (Å²) in [5, 5.41) is 15.6. The maximum absolute atomic E-state index is 13.5. The fourth-order valence-corrected chi connectivity index (χ4v) is 3.69. The first kappa shape index (κ1) is 18.0. The van der Waals surface area contributed by atoms with Gasteiger partial charge in [-0.2, -0.15) is 4.98 Å². The monoisotopic (exact) mass is 395 g/mol. The molecule has 5 rings (SSSR count). The van der Waals surface area contributed by atoms with E-state index in [4.69, 9.17) is 4.52 Å². The molecule has 30 heavy (non-hydrogen) atoms. The van der Waals surface area contributed by atoms with Gasteiger partial charge in [0.15, 0.2) is 0 Å². The third-order valence-corrected chi connectivity index (χ3v) is 5.21. The third-order valence-electron chi connectivity index (χ3n) is 5.21. The van der Waals surface area contributed by atoms with Crippen molar-refractivity contribution < 1.29 is 14.4 Å². The van der Waals surface area contributed by atoms with Crippen molar-refractivity contribution in [2.45, 2.75) is 5.60 Å². The number of anilines is 2. The number of aliphatic hydroxyl groups is 1. The molecule has 0 radical (unpaired) electrons. The van der Waals surface area contributed by atoms with E-state index in [9.17, 15) is 9.90 Å². The van der Waals surface area contributed by atoms with Crippen LogP contribution in [0.4, 0.5) is 11.4 Å². The van der Waals surface area contributed by atoms with Gasteiger partial charge in [-0.1, -0.05) is 78.5 Å². The number of carbonyl (C=O) groups excluding carboxylic acids is 1. The molecule has 3 aromatic carbocycles. The predicted octanol–water partition coefficient (Wildman–Crippen LogP) is 4.32. The van der Waals surface area contributed by atoms with Crippen LogP contribution in [0.1, 0.15) is 11.5 Å². The van der Waals surface area contributed by atoms with E-state index in [1.54, 1.807) is 18.2 Å². The van der Waals surface area contributed by atoms with Gasteiger partial charge in [0.25, 0.3) is 11.8 Å². The van der Waals surface area contributed by atoms with Crippen LogP contribution in [-0.2, 0) is 10.4 Å². The molecule has 0 fully saturated rings. The van der Waals surface area contributed by atoms with Crippen molar-refractivity contribution in [1.82, 2.24) is 10.1 Å². The van der Waals surface area contributed by atoms with Gasteiger partial charge in [-0.15, -0.1) is 0 Å². The molecule has 1 N–H and O–H groups in total. The van der Waals surface area contributed by atoms with Crippen LogP contribution in [0.2, 0.25) is 0 Å². The molecule has 146 valence electrons. The summed E-state index contributed by atoms with van der Waals surface area (Å²) in [7, 11) is 0. The van der Waals surface area contributed by atoms with Gasteiger partial charge in [0.2, 0.25) is 11.4 Å². The van der Waals surface area contributed by atoms with Crippen molar-refractivity contribution in [2.24, 2.45) is 0 Å². The van der Waals surface area contributed by atoms with Crippen LogP contribution >= 0.6 is 0 Å². The van der Waals surface area contributed by atoms with Crippen LogP contribution in [0, 0.1) is 0 Å².